The molecule has 0 aliphatic rings. The summed E-state index contributed by atoms with van der Waals surface area (Å²) in [6.07, 6.45) is 5.90. The number of terminal acetylenes is 1. The summed E-state index contributed by atoms with van der Waals surface area (Å²) >= 11 is 0. The predicted octanol–water partition coefficient (Wildman–Crippen LogP) is 3.81. The van der Waals surface area contributed by atoms with Crippen molar-refractivity contribution in [2.75, 3.05) is 5.73 Å². The molecule has 0 fully saturated rings. The number of hydrogen-bond acceptors (Lipinski definition) is 1. The molecule has 0 unspecified atom stereocenters. The van der Waals surface area contributed by atoms with Crippen LogP contribution in [0.15, 0.2) is 49.0 Å². The maximum atomic E-state index is 6.18. The highest BCUT2D eigenvalue weighted by Gasteiger charge is 2.08. The van der Waals surface area contributed by atoms with E-state index in [1.54, 1.807) is 0 Å². The number of rotatable bonds is 3. The third-order valence-electron chi connectivity index (χ3n) is 3.21. The van der Waals surface area contributed by atoms with E-state index in [-0.39, 0.29) is 0 Å². The summed E-state index contributed by atoms with van der Waals surface area (Å²) in [6.45, 7) is 6.22. The first-order valence-electron chi connectivity index (χ1n) is 6.20. The molecule has 0 atom stereocenters. The summed E-state index contributed by atoms with van der Waals surface area (Å²) < 4.78 is 0. The van der Waals surface area contributed by atoms with Crippen molar-refractivity contribution in [1.82, 2.24) is 0 Å². The number of aryl methyl sites for hydroxylation is 1. The summed E-state index contributed by atoms with van der Waals surface area (Å²) in [5.74, 6) is 2.63. The SMILES string of the molecule is C#CCc1cccc(C(=C)c2ccc(C)cc2)c1N. The molecule has 1 nitrogen and oxygen atoms in total. The molecular formula is C18H17N. The van der Waals surface area contributed by atoms with E-state index in [0.717, 1.165) is 28.0 Å². The fourth-order valence-corrected chi connectivity index (χ4v) is 2.05. The predicted molar refractivity (Wildman–Crippen MR) is 82.7 cm³/mol. The Morgan fingerprint density at radius 3 is 2.53 bits per heavy atom. The monoisotopic (exact) mass is 247 g/mol. The van der Waals surface area contributed by atoms with E-state index in [1.807, 2.05) is 18.2 Å². The molecule has 0 aliphatic carbocycles. The second-order valence-corrected chi connectivity index (χ2v) is 4.60. The molecule has 0 bridgehead atoms. The van der Waals surface area contributed by atoms with Crippen LogP contribution in [0.5, 0.6) is 0 Å². The molecule has 1 heteroatoms. The molecule has 19 heavy (non-hydrogen) atoms. The molecule has 0 aromatic heterocycles. The minimum atomic E-state index is 0.543. The van der Waals surface area contributed by atoms with Gasteiger partial charge in [0.1, 0.15) is 0 Å². The van der Waals surface area contributed by atoms with Gasteiger partial charge in [0.25, 0.3) is 0 Å². The second kappa shape index (κ2) is 5.46. The van der Waals surface area contributed by atoms with Crippen LogP contribution in [0.3, 0.4) is 0 Å². The Kier molecular flexibility index (Phi) is 3.73. The van der Waals surface area contributed by atoms with Gasteiger partial charge in [-0.1, -0.05) is 54.6 Å². The molecule has 0 saturated heterocycles. The standard InChI is InChI=1S/C18H17N/c1-4-6-16-7-5-8-17(18(16)19)14(3)15-11-9-13(2)10-12-15/h1,5,7-12H,3,6,19H2,2H3. The maximum Gasteiger partial charge on any atom is 0.0436 e. The molecule has 0 radical (unpaired) electrons. The van der Waals surface area contributed by atoms with Crippen LogP contribution >= 0.6 is 0 Å². The lowest BCUT2D eigenvalue weighted by Gasteiger charge is -2.12. The summed E-state index contributed by atoms with van der Waals surface area (Å²) in [7, 11) is 0. The minimum Gasteiger partial charge on any atom is -0.398 e. The van der Waals surface area contributed by atoms with E-state index >= 15 is 0 Å². The van der Waals surface area contributed by atoms with Gasteiger partial charge in [0.2, 0.25) is 0 Å². The fourth-order valence-electron chi connectivity index (χ4n) is 2.05. The maximum absolute atomic E-state index is 6.18. The van der Waals surface area contributed by atoms with Gasteiger partial charge in [-0.2, -0.15) is 0 Å². The van der Waals surface area contributed by atoms with Crippen LogP contribution in [0, 0.1) is 19.3 Å². The largest absolute Gasteiger partial charge is 0.398 e. The van der Waals surface area contributed by atoms with E-state index in [9.17, 15) is 0 Å². The van der Waals surface area contributed by atoms with Crippen molar-refractivity contribution in [3.05, 3.63) is 71.3 Å². The topological polar surface area (TPSA) is 26.0 Å². The van der Waals surface area contributed by atoms with Crippen LogP contribution in [0.2, 0.25) is 0 Å². The van der Waals surface area contributed by atoms with Crippen LogP contribution in [-0.2, 0) is 6.42 Å². The third-order valence-corrected chi connectivity index (χ3v) is 3.21. The first kappa shape index (κ1) is 13.0. The van der Waals surface area contributed by atoms with Crippen LogP contribution in [0.1, 0.15) is 22.3 Å². The average Bonchev–Trinajstić information content (AvgIpc) is 2.41. The van der Waals surface area contributed by atoms with Gasteiger partial charge in [0, 0.05) is 17.7 Å². The van der Waals surface area contributed by atoms with E-state index in [4.69, 9.17) is 12.2 Å². The van der Waals surface area contributed by atoms with Gasteiger partial charge >= 0.3 is 0 Å². The Balaban J connectivity index is 2.42. The van der Waals surface area contributed by atoms with Gasteiger partial charge in [-0.15, -0.1) is 12.3 Å². The highest BCUT2D eigenvalue weighted by molar-refractivity contribution is 5.85. The summed E-state index contributed by atoms with van der Waals surface area (Å²) in [4.78, 5) is 0. The molecule has 0 heterocycles. The smallest absolute Gasteiger partial charge is 0.0436 e. The van der Waals surface area contributed by atoms with Crippen molar-refractivity contribution in [2.24, 2.45) is 0 Å². The molecular weight excluding hydrogens is 230 g/mol. The van der Waals surface area contributed by atoms with Gasteiger partial charge in [-0.05, 0) is 23.6 Å². The highest BCUT2D eigenvalue weighted by Crippen LogP contribution is 2.29. The lowest BCUT2D eigenvalue weighted by Crippen LogP contribution is -1.99. The number of nitrogens with two attached hydrogens (primary N) is 1. The van der Waals surface area contributed by atoms with Crippen LogP contribution in [0.25, 0.3) is 5.57 Å². The third kappa shape index (κ3) is 2.69. The zero-order chi connectivity index (χ0) is 13.8. The molecule has 94 valence electrons. The first-order chi connectivity index (χ1) is 9.13. The van der Waals surface area contributed by atoms with Crippen molar-refractivity contribution in [3.8, 4) is 12.3 Å². The van der Waals surface area contributed by atoms with E-state index in [2.05, 4.69) is 43.7 Å². The Morgan fingerprint density at radius 2 is 1.89 bits per heavy atom. The lowest BCUT2D eigenvalue weighted by molar-refractivity contribution is 1.32. The molecule has 2 N–H and O–H groups in total. The van der Waals surface area contributed by atoms with Crippen molar-refractivity contribution in [1.29, 1.82) is 0 Å². The number of hydrogen-bond donors (Lipinski definition) is 1. The van der Waals surface area contributed by atoms with Crippen molar-refractivity contribution < 1.29 is 0 Å². The second-order valence-electron chi connectivity index (χ2n) is 4.60. The lowest BCUT2D eigenvalue weighted by atomic mass is 9.94. The summed E-state index contributed by atoms with van der Waals surface area (Å²) in [5.41, 5.74) is 12.1. The summed E-state index contributed by atoms with van der Waals surface area (Å²) in [6, 6.07) is 14.2. The normalized spacial score (nSPS) is 9.89. The van der Waals surface area contributed by atoms with Crippen LogP contribution < -0.4 is 5.73 Å². The Morgan fingerprint density at radius 1 is 1.21 bits per heavy atom. The molecule has 0 aliphatic heterocycles. The van der Waals surface area contributed by atoms with Gasteiger partial charge in [0.05, 0.1) is 0 Å². The van der Waals surface area contributed by atoms with Crippen molar-refractivity contribution in [3.63, 3.8) is 0 Å². The van der Waals surface area contributed by atoms with Crippen molar-refractivity contribution >= 4 is 11.3 Å². The minimum absolute atomic E-state index is 0.543. The number of benzene rings is 2. The first-order valence-corrected chi connectivity index (χ1v) is 6.20. The van der Waals surface area contributed by atoms with Gasteiger partial charge in [0.15, 0.2) is 0 Å². The molecule has 2 rings (SSSR count). The summed E-state index contributed by atoms with van der Waals surface area (Å²) in [5, 5.41) is 0. The fraction of sp³-hybridized carbons (Fsp3) is 0.111. The van der Waals surface area contributed by atoms with Crippen molar-refractivity contribution in [2.45, 2.75) is 13.3 Å². The highest BCUT2D eigenvalue weighted by atomic mass is 14.6. The average molecular weight is 247 g/mol. The van der Waals surface area contributed by atoms with Gasteiger partial charge in [-0.25, -0.2) is 0 Å². The molecule has 2 aromatic rings. The molecule has 0 saturated carbocycles. The number of para-hydroxylation sites is 1. The number of anilines is 1. The molecule has 0 amide bonds. The zero-order valence-electron chi connectivity index (χ0n) is 11.1. The van der Waals surface area contributed by atoms with Gasteiger partial charge < -0.3 is 5.73 Å². The Hall–Kier alpha value is -2.46. The number of nitrogen functional groups attached to an aromatic ring is 1. The quantitative estimate of drug-likeness (QED) is 0.647. The molecule has 2 aromatic carbocycles. The zero-order valence-corrected chi connectivity index (χ0v) is 11.1. The van der Waals surface area contributed by atoms with E-state index in [1.165, 1.54) is 5.56 Å². The van der Waals surface area contributed by atoms with E-state index in [0.29, 0.717) is 6.42 Å². The van der Waals surface area contributed by atoms with E-state index < -0.39 is 0 Å². The Bertz CT molecular complexity index is 642. The molecule has 0 spiro atoms. The van der Waals surface area contributed by atoms with Gasteiger partial charge in [-0.3, -0.25) is 0 Å². The van der Waals surface area contributed by atoms with Crippen LogP contribution in [-0.4, -0.2) is 0 Å². The Labute approximate surface area is 114 Å². The van der Waals surface area contributed by atoms with Crippen LogP contribution in [0.4, 0.5) is 5.69 Å².